The summed E-state index contributed by atoms with van der Waals surface area (Å²) in [4.78, 5) is 11.3. The smallest absolute Gasteiger partial charge is 0.315 e. The van der Waals surface area contributed by atoms with E-state index in [0.717, 1.165) is 0 Å². The molecule has 2 amide bonds. The molecule has 0 spiro atoms. The van der Waals surface area contributed by atoms with Gasteiger partial charge in [0.25, 0.3) is 0 Å². The number of hydrogen-bond donors (Lipinski definition) is 3. The van der Waals surface area contributed by atoms with Crippen LogP contribution >= 0.6 is 0 Å². The van der Waals surface area contributed by atoms with E-state index in [1.807, 2.05) is 20.8 Å². The highest BCUT2D eigenvalue weighted by atomic mass is 16.5. The van der Waals surface area contributed by atoms with Crippen molar-refractivity contribution < 1.29 is 19.4 Å². The van der Waals surface area contributed by atoms with E-state index in [1.165, 1.54) is 0 Å². The molecule has 0 atom stereocenters. The maximum Gasteiger partial charge on any atom is 0.315 e. The van der Waals surface area contributed by atoms with Gasteiger partial charge in [-0.15, -0.1) is 0 Å². The predicted octanol–water partition coefficient (Wildman–Crippen LogP) is 0.110. The van der Waals surface area contributed by atoms with Gasteiger partial charge in [-0.1, -0.05) is 0 Å². The first-order chi connectivity index (χ1) is 7.95. The molecule has 0 bridgehead atoms. The van der Waals surface area contributed by atoms with Gasteiger partial charge < -0.3 is 25.2 Å². The van der Waals surface area contributed by atoms with Gasteiger partial charge in [0, 0.05) is 12.1 Å². The molecule has 0 aliphatic rings. The summed E-state index contributed by atoms with van der Waals surface area (Å²) in [5, 5.41) is 13.9. The van der Waals surface area contributed by atoms with Gasteiger partial charge in [-0.05, 0) is 20.8 Å². The van der Waals surface area contributed by atoms with E-state index < -0.39 is 0 Å². The van der Waals surface area contributed by atoms with Gasteiger partial charge in [0.15, 0.2) is 0 Å². The summed E-state index contributed by atoms with van der Waals surface area (Å²) in [6.07, 6.45) is 0. The van der Waals surface area contributed by atoms with Crippen LogP contribution in [0.25, 0.3) is 0 Å². The SMILES string of the molecule is CC(C)(C)NC(=O)NCCOCCOCCO. The Morgan fingerprint density at radius 1 is 1.12 bits per heavy atom. The second-order valence-corrected chi connectivity index (χ2v) is 4.58. The molecule has 0 heterocycles. The number of carbonyl (C=O) groups is 1. The molecule has 17 heavy (non-hydrogen) atoms. The topological polar surface area (TPSA) is 79.8 Å². The second-order valence-electron chi connectivity index (χ2n) is 4.58. The first kappa shape index (κ1) is 16.1. The van der Waals surface area contributed by atoms with E-state index in [1.54, 1.807) is 0 Å². The molecular weight excluding hydrogens is 224 g/mol. The maximum atomic E-state index is 11.3. The Morgan fingerprint density at radius 3 is 2.24 bits per heavy atom. The zero-order valence-electron chi connectivity index (χ0n) is 10.9. The molecule has 0 aromatic rings. The van der Waals surface area contributed by atoms with Crippen LogP contribution in [-0.4, -0.2) is 56.3 Å². The zero-order chi connectivity index (χ0) is 13.1. The second kappa shape index (κ2) is 9.21. The summed E-state index contributed by atoms with van der Waals surface area (Å²) in [6.45, 7) is 7.92. The number of aliphatic hydroxyl groups excluding tert-OH is 1. The lowest BCUT2D eigenvalue weighted by atomic mass is 10.1. The number of amides is 2. The number of hydrogen-bond acceptors (Lipinski definition) is 4. The standard InChI is InChI=1S/C11H24N2O4/c1-11(2,3)13-10(15)12-4-6-16-8-9-17-7-5-14/h14H,4-9H2,1-3H3,(H2,12,13,15). The zero-order valence-corrected chi connectivity index (χ0v) is 10.9. The van der Waals surface area contributed by atoms with Crippen molar-refractivity contribution in [2.75, 3.05) is 39.6 Å². The van der Waals surface area contributed by atoms with Crippen LogP contribution < -0.4 is 10.6 Å². The molecule has 6 nitrogen and oxygen atoms in total. The third-order valence-electron chi connectivity index (χ3n) is 1.63. The van der Waals surface area contributed by atoms with Gasteiger partial charge in [0.05, 0.1) is 33.0 Å². The van der Waals surface area contributed by atoms with Gasteiger partial charge in [0.2, 0.25) is 0 Å². The van der Waals surface area contributed by atoms with E-state index in [0.29, 0.717) is 33.0 Å². The summed E-state index contributed by atoms with van der Waals surface area (Å²) < 4.78 is 10.2. The first-order valence-electron chi connectivity index (χ1n) is 5.78. The van der Waals surface area contributed by atoms with Gasteiger partial charge in [-0.25, -0.2) is 4.79 Å². The summed E-state index contributed by atoms with van der Waals surface area (Å²) in [5.41, 5.74) is -0.233. The summed E-state index contributed by atoms with van der Waals surface area (Å²) in [5.74, 6) is 0. The van der Waals surface area contributed by atoms with Crippen molar-refractivity contribution in [1.82, 2.24) is 10.6 Å². The molecule has 0 aromatic heterocycles. The van der Waals surface area contributed by atoms with Crippen LogP contribution in [0, 0.1) is 0 Å². The van der Waals surface area contributed by atoms with Crippen molar-refractivity contribution in [3.63, 3.8) is 0 Å². The highest BCUT2D eigenvalue weighted by molar-refractivity contribution is 5.74. The van der Waals surface area contributed by atoms with E-state index in [9.17, 15) is 4.79 Å². The molecule has 0 fully saturated rings. The third kappa shape index (κ3) is 13.1. The van der Waals surface area contributed by atoms with Crippen LogP contribution in [0.3, 0.4) is 0 Å². The van der Waals surface area contributed by atoms with E-state index >= 15 is 0 Å². The van der Waals surface area contributed by atoms with Crippen molar-refractivity contribution >= 4 is 6.03 Å². The van der Waals surface area contributed by atoms with E-state index in [-0.39, 0.29) is 18.2 Å². The molecule has 0 aliphatic carbocycles. The molecule has 0 unspecified atom stereocenters. The Hall–Kier alpha value is -0.850. The van der Waals surface area contributed by atoms with Crippen LogP contribution in [-0.2, 0) is 9.47 Å². The van der Waals surface area contributed by atoms with Crippen LogP contribution in [0.1, 0.15) is 20.8 Å². The normalized spacial score (nSPS) is 11.3. The first-order valence-corrected chi connectivity index (χ1v) is 5.78. The highest BCUT2D eigenvalue weighted by Gasteiger charge is 2.12. The van der Waals surface area contributed by atoms with E-state index in [4.69, 9.17) is 14.6 Å². The molecule has 0 aliphatic heterocycles. The Kier molecular flexibility index (Phi) is 8.75. The van der Waals surface area contributed by atoms with Crippen LogP contribution in [0.5, 0.6) is 0 Å². The molecule has 102 valence electrons. The van der Waals surface area contributed by atoms with E-state index in [2.05, 4.69) is 10.6 Å². The van der Waals surface area contributed by atoms with Crippen molar-refractivity contribution in [2.45, 2.75) is 26.3 Å². The summed E-state index contributed by atoms with van der Waals surface area (Å²) in [7, 11) is 0. The van der Waals surface area contributed by atoms with Gasteiger partial charge >= 0.3 is 6.03 Å². The lowest BCUT2D eigenvalue weighted by Gasteiger charge is -2.20. The molecule has 3 N–H and O–H groups in total. The quantitative estimate of drug-likeness (QED) is 0.533. The van der Waals surface area contributed by atoms with Crippen molar-refractivity contribution in [1.29, 1.82) is 0 Å². The average Bonchev–Trinajstić information content (AvgIpc) is 2.19. The molecular formula is C11H24N2O4. The lowest BCUT2D eigenvalue weighted by Crippen LogP contribution is -2.47. The van der Waals surface area contributed by atoms with Crippen LogP contribution in [0.4, 0.5) is 4.79 Å². The predicted molar refractivity (Wildman–Crippen MR) is 65.0 cm³/mol. The Balaban J connectivity index is 3.25. The number of carbonyl (C=O) groups excluding carboxylic acids is 1. The lowest BCUT2D eigenvalue weighted by molar-refractivity contribution is 0.0344. The molecule has 0 aromatic carbocycles. The van der Waals surface area contributed by atoms with Crippen molar-refractivity contribution in [2.24, 2.45) is 0 Å². The van der Waals surface area contributed by atoms with Gasteiger partial charge in [-0.2, -0.15) is 0 Å². The third-order valence-corrected chi connectivity index (χ3v) is 1.63. The summed E-state index contributed by atoms with van der Waals surface area (Å²) >= 11 is 0. The fraction of sp³-hybridized carbons (Fsp3) is 0.909. The maximum absolute atomic E-state index is 11.3. The minimum atomic E-state index is -0.233. The number of aliphatic hydroxyl groups is 1. The van der Waals surface area contributed by atoms with Gasteiger partial charge in [0.1, 0.15) is 0 Å². The number of urea groups is 1. The molecule has 0 saturated carbocycles. The largest absolute Gasteiger partial charge is 0.394 e. The molecule has 0 radical (unpaired) electrons. The van der Waals surface area contributed by atoms with Crippen molar-refractivity contribution in [3.05, 3.63) is 0 Å². The van der Waals surface area contributed by atoms with Crippen molar-refractivity contribution in [3.8, 4) is 0 Å². The Labute approximate surface area is 103 Å². The average molecular weight is 248 g/mol. The number of nitrogens with one attached hydrogen (secondary N) is 2. The Morgan fingerprint density at radius 2 is 1.71 bits per heavy atom. The molecule has 6 heteroatoms. The van der Waals surface area contributed by atoms with Crippen LogP contribution in [0.2, 0.25) is 0 Å². The minimum absolute atomic E-state index is 0.0224. The summed E-state index contributed by atoms with van der Waals surface area (Å²) in [6, 6.07) is -0.197. The Bertz CT molecular complexity index is 204. The number of ether oxygens (including phenoxy) is 2. The van der Waals surface area contributed by atoms with Crippen LogP contribution in [0.15, 0.2) is 0 Å². The van der Waals surface area contributed by atoms with Gasteiger partial charge in [-0.3, -0.25) is 0 Å². The molecule has 0 rings (SSSR count). The fourth-order valence-corrected chi connectivity index (χ4v) is 1.01. The minimum Gasteiger partial charge on any atom is -0.394 e. The monoisotopic (exact) mass is 248 g/mol. The molecule has 0 saturated heterocycles. The fourth-order valence-electron chi connectivity index (χ4n) is 1.01. The highest BCUT2D eigenvalue weighted by Crippen LogP contribution is 1.96. The number of rotatable bonds is 8.